The van der Waals surface area contributed by atoms with Crippen molar-refractivity contribution in [1.82, 2.24) is 4.90 Å². The van der Waals surface area contributed by atoms with Gasteiger partial charge in [0.05, 0.1) is 18.9 Å². The topological polar surface area (TPSA) is 66.8 Å². The summed E-state index contributed by atoms with van der Waals surface area (Å²) in [7, 11) is 1.63. The number of hydrogen-bond donors (Lipinski definition) is 1. The molecule has 1 amide bonds. The van der Waals surface area contributed by atoms with Gasteiger partial charge in [-0.2, -0.15) is 0 Å². The van der Waals surface area contributed by atoms with Gasteiger partial charge in [-0.15, -0.1) is 0 Å². The van der Waals surface area contributed by atoms with Crippen molar-refractivity contribution in [2.75, 3.05) is 20.2 Å². The number of ether oxygens (including phenoxy) is 1. The summed E-state index contributed by atoms with van der Waals surface area (Å²) in [5.41, 5.74) is 1.96. The van der Waals surface area contributed by atoms with Crippen LogP contribution in [0.2, 0.25) is 0 Å². The number of carboxylic acids is 1. The number of benzene rings is 1. The summed E-state index contributed by atoms with van der Waals surface area (Å²) < 4.78 is 5.07. The van der Waals surface area contributed by atoms with E-state index in [0.717, 1.165) is 11.1 Å². The first kappa shape index (κ1) is 14.5. The number of aliphatic carboxylic acids is 1. The van der Waals surface area contributed by atoms with Crippen LogP contribution in [0.1, 0.15) is 17.5 Å². The van der Waals surface area contributed by atoms with E-state index in [1.807, 2.05) is 24.3 Å². The van der Waals surface area contributed by atoms with Crippen molar-refractivity contribution in [3.05, 3.63) is 35.4 Å². The number of nitrogens with zero attached hydrogens (tertiary/aromatic N) is 1. The fourth-order valence-electron chi connectivity index (χ4n) is 2.47. The molecule has 5 nitrogen and oxygen atoms in total. The number of likely N-dealkylation sites (tertiary alicyclic amines) is 1. The summed E-state index contributed by atoms with van der Waals surface area (Å²) in [4.78, 5) is 24.7. The Morgan fingerprint density at radius 3 is 2.80 bits per heavy atom. The third kappa shape index (κ3) is 3.57. The van der Waals surface area contributed by atoms with Crippen LogP contribution in [0.5, 0.6) is 0 Å². The lowest BCUT2D eigenvalue weighted by Crippen LogP contribution is -2.31. The zero-order valence-electron chi connectivity index (χ0n) is 11.5. The van der Waals surface area contributed by atoms with Crippen molar-refractivity contribution in [3.8, 4) is 0 Å². The van der Waals surface area contributed by atoms with Crippen LogP contribution in [-0.4, -0.2) is 42.1 Å². The van der Waals surface area contributed by atoms with Crippen LogP contribution in [0.25, 0.3) is 0 Å². The molecule has 1 aromatic rings. The number of methoxy groups -OCH3 is 1. The predicted octanol–water partition coefficient (Wildman–Crippen LogP) is 1.31. The van der Waals surface area contributed by atoms with Gasteiger partial charge < -0.3 is 14.7 Å². The molecule has 5 heteroatoms. The fraction of sp³-hybridized carbons (Fsp3) is 0.467. The second-order valence-corrected chi connectivity index (χ2v) is 5.09. The van der Waals surface area contributed by atoms with E-state index in [1.54, 1.807) is 12.0 Å². The first-order valence-corrected chi connectivity index (χ1v) is 6.67. The first-order chi connectivity index (χ1) is 9.60. The Hall–Kier alpha value is -1.88. The summed E-state index contributed by atoms with van der Waals surface area (Å²) in [6, 6.07) is 7.71. The Labute approximate surface area is 118 Å². The van der Waals surface area contributed by atoms with Crippen molar-refractivity contribution in [3.63, 3.8) is 0 Å². The SMILES string of the molecule is COCc1cccc(CC(=O)N2CCC(C(=O)O)C2)c1. The highest BCUT2D eigenvalue weighted by molar-refractivity contribution is 5.80. The number of carboxylic acid groups (broad SMARTS) is 1. The van der Waals surface area contributed by atoms with E-state index in [9.17, 15) is 9.59 Å². The molecule has 1 aliphatic heterocycles. The smallest absolute Gasteiger partial charge is 0.308 e. The maximum Gasteiger partial charge on any atom is 0.308 e. The lowest BCUT2D eigenvalue weighted by Gasteiger charge is -2.16. The largest absolute Gasteiger partial charge is 0.481 e. The van der Waals surface area contributed by atoms with Crippen molar-refractivity contribution in [2.24, 2.45) is 5.92 Å². The van der Waals surface area contributed by atoms with E-state index < -0.39 is 11.9 Å². The standard InChI is InChI=1S/C15H19NO4/c1-20-10-12-4-2-3-11(7-12)8-14(17)16-6-5-13(9-16)15(18)19/h2-4,7,13H,5-6,8-10H2,1H3,(H,18,19). The van der Waals surface area contributed by atoms with Gasteiger partial charge in [0.1, 0.15) is 0 Å². The Balaban J connectivity index is 1.95. The van der Waals surface area contributed by atoms with Crippen LogP contribution in [0, 0.1) is 5.92 Å². The highest BCUT2D eigenvalue weighted by Gasteiger charge is 2.30. The molecule has 0 saturated carbocycles. The Bertz CT molecular complexity index is 500. The number of amides is 1. The minimum Gasteiger partial charge on any atom is -0.481 e. The van der Waals surface area contributed by atoms with Gasteiger partial charge in [-0.1, -0.05) is 24.3 Å². The van der Waals surface area contributed by atoms with Crippen LogP contribution >= 0.6 is 0 Å². The molecular formula is C15H19NO4. The first-order valence-electron chi connectivity index (χ1n) is 6.67. The molecule has 0 aliphatic carbocycles. The van der Waals surface area contributed by atoms with Gasteiger partial charge in [0, 0.05) is 20.2 Å². The Morgan fingerprint density at radius 2 is 2.15 bits per heavy atom. The molecule has 1 aliphatic rings. The second-order valence-electron chi connectivity index (χ2n) is 5.09. The predicted molar refractivity (Wildman–Crippen MR) is 73.2 cm³/mol. The summed E-state index contributed by atoms with van der Waals surface area (Å²) in [5.74, 6) is -1.25. The van der Waals surface area contributed by atoms with Gasteiger partial charge in [0.25, 0.3) is 0 Å². The maximum absolute atomic E-state index is 12.2. The van der Waals surface area contributed by atoms with Crippen molar-refractivity contribution >= 4 is 11.9 Å². The number of carbonyl (C=O) groups is 2. The molecule has 0 aromatic heterocycles. The van der Waals surface area contributed by atoms with Gasteiger partial charge in [-0.3, -0.25) is 9.59 Å². The third-order valence-corrected chi connectivity index (χ3v) is 3.55. The van der Waals surface area contributed by atoms with Gasteiger partial charge in [0.15, 0.2) is 0 Å². The zero-order valence-corrected chi connectivity index (χ0v) is 11.5. The van der Waals surface area contributed by atoms with Gasteiger partial charge >= 0.3 is 5.97 Å². The summed E-state index contributed by atoms with van der Waals surface area (Å²) in [6.07, 6.45) is 0.856. The van der Waals surface area contributed by atoms with Gasteiger partial charge in [-0.25, -0.2) is 0 Å². The molecule has 1 unspecified atom stereocenters. The molecule has 0 spiro atoms. The van der Waals surface area contributed by atoms with Crippen LogP contribution in [-0.2, 0) is 27.4 Å². The van der Waals surface area contributed by atoms with Crippen molar-refractivity contribution in [1.29, 1.82) is 0 Å². The molecule has 1 saturated heterocycles. The van der Waals surface area contributed by atoms with Crippen LogP contribution in [0.4, 0.5) is 0 Å². The zero-order chi connectivity index (χ0) is 14.5. The van der Waals surface area contributed by atoms with Crippen LogP contribution in [0.3, 0.4) is 0 Å². The van der Waals surface area contributed by atoms with E-state index in [4.69, 9.17) is 9.84 Å². The second kappa shape index (κ2) is 6.52. The molecule has 1 fully saturated rings. The quantitative estimate of drug-likeness (QED) is 0.881. The lowest BCUT2D eigenvalue weighted by molar-refractivity contribution is -0.141. The van der Waals surface area contributed by atoms with E-state index in [0.29, 0.717) is 32.5 Å². The average Bonchev–Trinajstić information content (AvgIpc) is 2.89. The molecular weight excluding hydrogens is 258 g/mol. The molecule has 0 radical (unpaired) electrons. The number of hydrogen-bond acceptors (Lipinski definition) is 3. The summed E-state index contributed by atoms with van der Waals surface area (Å²) >= 11 is 0. The van der Waals surface area contributed by atoms with E-state index in [-0.39, 0.29) is 5.91 Å². The van der Waals surface area contributed by atoms with Crippen LogP contribution in [0.15, 0.2) is 24.3 Å². The highest BCUT2D eigenvalue weighted by atomic mass is 16.5. The van der Waals surface area contributed by atoms with Crippen molar-refractivity contribution < 1.29 is 19.4 Å². The van der Waals surface area contributed by atoms with Crippen molar-refractivity contribution in [2.45, 2.75) is 19.4 Å². The average molecular weight is 277 g/mol. The summed E-state index contributed by atoms with van der Waals surface area (Å²) in [6.45, 7) is 1.38. The molecule has 0 bridgehead atoms. The minimum atomic E-state index is -0.817. The molecule has 1 atom stereocenters. The van der Waals surface area contributed by atoms with Crippen LogP contribution < -0.4 is 0 Å². The van der Waals surface area contributed by atoms with E-state index in [1.165, 1.54) is 0 Å². The highest BCUT2D eigenvalue weighted by Crippen LogP contribution is 2.18. The lowest BCUT2D eigenvalue weighted by atomic mass is 10.1. The fourth-order valence-corrected chi connectivity index (χ4v) is 2.47. The Morgan fingerprint density at radius 1 is 1.40 bits per heavy atom. The third-order valence-electron chi connectivity index (χ3n) is 3.55. The Kier molecular flexibility index (Phi) is 4.74. The summed E-state index contributed by atoms with van der Waals surface area (Å²) in [5, 5.41) is 8.95. The van der Waals surface area contributed by atoms with E-state index >= 15 is 0 Å². The van der Waals surface area contributed by atoms with Gasteiger partial charge in [-0.05, 0) is 17.5 Å². The molecule has 1 aromatic carbocycles. The minimum absolute atomic E-state index is 0.0108. The molecule has 108 valence electrons. The monoisotopic (exact) mass is 277 g/mol. The molecule has 20 heavy (non-hydrogen) atoms. The molecule has 2 rings (SSSR count). The van der Waals surface area contributed by atoms with E-state index in [2.05, 4.69) is 0 Å². The maximum atomic E-state index is 12.2. The number of carbonyl (C=O) groups excluding carboxylic acids is 1. The van der Waals surface area contributed by atoms with Gasteiger partial charge in [0.2, 0.25) is 5.91 Å². The molecule has 1 N–H and O–H groups in total. The normalized spacial score (nSPS) is 18.2. The molecule has 1 heterocycles. The number of rotatable bonds is 5.